The van der Waals surface area contributed by atoms with Gasteiger partial charge in [-0.25, -0.2) is 9.97 Å². The van der Waals surface area contributed by atoms with E-state index in [2.05, 4.69) is 9.97 Å². The lowest BCUT2D eigenvalue weighted by molar-refractivity contribution is -0.129. The number of carbonyl (C=O) groups is 1. The second-order valence-electron chi connectivity index (χ2n) is 4.79. The first kappa shape index (κ1) is 13.1. The average Bonchev–Trinajstić information content (AvgIpc) is 2.32. The lowest BCUT2D eigenvalue weighted by Crippen LogP contribution is -2.49. The Morgan fingerprint density at radius 3 is 2.67 bits per heavy atom. The van der Waals surface area contributed by atoms with Crippen molar-refractivity contribution in [1.29, 1.82) is 0 Å². The molecule has 1 aliphatic heterocycles. The van der Waals surface area contributed by atoms with E-state index in [1.165, 1.54) is 6.33 Å². The number of anilines is 1. The second kappa shape index (κ2) is 5.10. The molecule has 1 aromatic rings. The third-order valence-corrected chi connectivity index (χ3v) is 3.45. The SMILES string of the molecule is CC(C)c1c(Cl)ncnc1N1CCN(C)C(=O)C1. The van der Waals surface area contributed by atoms with Crippen LogP contribution in [0, 0.1) is 0 Å². The summed E-state index contributed by atoms with van der Waals surface area (Å²) in [6.45, 7) is 5.93. The van der Waals surface area contributed by atoms with Gasteiger partial charge in [0.1, 0.15) is 17.3 Å². The first-order chi connectivity index (χ1) is 8.50. The van der Waals surface area contributed by atoms with Gasteiger partial charge in [-0.3, -0.25) is 4.79 Å². The summed E-state index contributed by atoms with van der Waals surface area (Å²) in [7, 11) is 1.82. The summed E-state index contributed by atoms with van der Waals surface area (Å²) >= 11 is 6.14. The molecule has 2 rings (SSSR count). The lowest BCUT2D eigenvalue weighted by atomic mass is 10.1. The molecule has 5 nitrogen and oxygen atoms in total. The normalized spacial score (nSPS) is 16.6. The Balaban J connectivity index is 2.34. The minimum Gasteiger partial charge on any atom is -0.345 e. The number of rotatable bonds is 2. The van der Waals surface area contributed by atoms with Crippen LogP contribution < -0.4 is 4.90 Å². The van der Waals surface area contributed by atoms with E-state index < -0.39 is 0 Å². The molecule has 18 heavy (non-hydrogen) atoms. The van der Waals surface area contributed by atoms with Crippen molar-refractivity contribution in [2.24, 2.45) is 0 Å². The van der Waals surface area contributed by atoms with Gasteiger partial charge in [-0.1, -0.05) is 25.4 Å². The molecule has 6 heteroatoms. The van der Waals surface area contributed by atoms with Gasteiger partial charge < -0.3 is 9.80 Å². The Bertz CT molecular complexity index is 463. The predicted octanol–water partition coefficient (Wildman–Crippen LogP) is 1.53. The third-order valence-electron chi connectivity index (χ3n) is 3.15. The highest BCUT2D eigenvalue weighted by molar-refractivity contribution is 6.30. The molecule has 0 atom stereocenters. The number of aromatic nitrogens is 2. The zero-order valence-electron chi connectivity index (χ0n) is 10.9. The number of carbonyl (C=O) groups excluding carboxylic acids is 1. The number of hydrogen-bond acceptors (Lipinski definition) is 4. The van der Waals surface area contributed by atoms with Crippen molar-refractivity contribution in [1.82, 2.24) is 14.9 Å². The van der Waals surface area contributed by atoms with Gasteiger partial charge in [0.2, 0.25) is 5.91 Å². The highest BCUT2D eigenvalue weighted by atomic mass is 35.5. The van der Waals surface area contributed by atoms with E-state index in [1.807, 2.05) is 25.8 Å². The lowest BCUT2D eigenvalue weighted by Gasteiger charge is -2.34. The van der Waals surface area contributed by atoms with Gasteiger partial charge in [-0.05, 0) is 5.92 Å². The van der Waals surface area contributed by atoms with Crippen molar-refractivity contribution in [3.8, 4) is 0 Å². The number of halogens is 1. The smallest absolute Gasteiger partial charge is 0.241 e. The quantitative estimate of drug-likeness (QED) is 0.764. The minimum atomic E-state index is 0.102. The molecule has 0 radical (unpaired) electrons. The highest BCUT2D eigenvalue weighted by Crippen LogP contribution is 2.30. The predicted molar refractivity (Wildman–Crippen MR) is 71.0 cm³/mol. The molecule has 0 aromatic carbocycles. The number of hydrogen-bond donors (Lipinski definition) is 0. The van der Waals surface area contributed by atoms with E-state index in [0.717, 1.165) is 17.9 Å². The van der Waals surface area contributed by atoms with Gasteiger partial charge >= 0.3 is 0 Å². The van der Waals surface area contributed by atoms with Crippen LogP contribution in [0.3, 0.4) is 0 Å². The first-order valence-corrected chi connectivity index (χ1v) is 6.37. The van der Waals surface area contributed by atoms with Crippen molar-refractivity contribution in [2.45, 2.75) is 19.8 Å². The Morgan fingerprint density at radius 2 is 2.06 bits per heavy atom. The highest BCUT2D eigenvalue weighted by Gasteiger charge is 2.25. The van der Waals surface area contributed by atoms with E-state index in [4.69, 9.17) is 11.6 Å². The monoisotopic (exact) mass is 268 g/mol. The van der Waals surface area contributed by atoms with Crippen molar-refractivity contribution in [3.05, 3.63) is 17.0 Å². The molecule has 0 aliphatic carbocycles. The van der Waals surface area contributed by atoms with Gasteiger partial charge in [0.05, 0.1) is 6.54 Å². The Hall–Kier alpha value is -1.36. The number of piperazine rings is 1. The van der Waals surface area contributed by atoms with E-state index in [9.17, 15) is 4.79 Å². The van der Waals surface area contributed by atoms with Crippen LogP contribution >= 0.6 is 11.6 Å². The van der Waals surface area contributed by atoms with Crippen LogP contribution in [-0.4, -0.2) is 47.5 Å². The van der Waals surface area contributed by atoms with Gasteiger partial charge in [0.25, 0.3) is 0 Å². The van der Waals surface area contributed by atoms with Crippen LogP contribution in [0.2, 0.25) is 5.15 Å². The largest absolute Gasteiger partial charge is 0.345 e. The summed E-state index contributed by atoms with van der Waals surface area (Å²) in [5.41, 5.74) is 0.913. The Kier molecular flexibility index (Phi) is 3.71. The summed E-state index contributed by atoms with van der Waals surface area (Å²) < 4.78 is 0. The van der Waals surface area contributed by atoms with E-state index >= 15 is 0 Å². The maximum Gasteiger partial charge on any atom is 0.241 e. The second-order valence-corrected chi connectivity index (χ2v) is 5.15. The fraction of sp³-hybridized carbons (Fsp3) is 0.583. The molecule has 0 unspecified atom stereocenters. The number of amides is 1. The molecule has 0 saturated carbocycles. The fourth-order valence-electron chi connectivity index (χ4n) is 2.05. The van der Waals surface area contributed by atoms with Crippen molar-refractivity contribution in [3.63, 3.8) is 0 Å². The molecule has 0 spiro atoms. The molecule has 0 bridgehead atoms. The third kappa shape index (κ3) is 2.41. The van der Waals surface area contributed by atoms with E-state index in [0.29, 0.717) is 18.2 Å². The zero-order chi connectivity index (χ0) is 13.3. The molecule has 1 aromatic heterocycles. The summed E-state index contributed by atoms with van der Waals surface area (Å²) in [5, 5.41) is 0.473. The van der Waals surface area contributed by atoms with Crippen LogP contribution in [-0.2, 0) is 4.79 Å². The van der Waals surface area contributed by atoms with E-state index in [-0.39, 0.29) is 11.8 Å². The van der Waals surface area contributed by atoms with Crippen LogP contribution in [0.1, 0.15) is 25.3 Å². The van der Waals surface area contributed by atoms with Crippen molar-refractivity contribution in [2.75, 3.05) is 31.6 Å². The van der Waals surface area contributed by atoms with Gasteiger partial charge in [-0.15, -0.1) is 0 Å². The number of likely N-dealkylation sites (N-methyl/N-ethyl adjacent to an activating group) is 1. The Labute approximate surface area is 112 Å². The summed E-state index contributed by atoms with van der Waals surface area (Å²) in [6, 6.07) is 0. The molecule has 1 saturated heterocycles. The van der Waals surface area contributed by atoms with Crippen LogP contribution in [0.5, 0.6) is 0 Å². The summed E-state index contributed by atoms with van der Waals surface area (Å²) in [6.07, 6.45) is 1.45. The molecule has 1 aliphatic rings. The van der Waals surface area contributed by atoms with Gasteiger partial charge in [0.15, 0.2) is 0 Å². The molecule has 0 N–H and O–H groups in total. The van der Waals surface area contributed by atoms with Gasteiger partial charge in [-0.2, -0.15) is 0 Å². The van der Waals surface area contributed by atoms with Crippen LogP contribution in [0.4, 0.5) is 5.82 Å². The Morgan fingerprint density at radius 1 is 1.33 bits per heavy atom. The van der Waals surface area contributed by atoms with Crippen LogP contribution in [0.25, 0.3) is 0 Å². The van der Waals surface area contributed by atoms with Crippen molar-refractivity contribution < 1.29 is 4.79 Å². The molecule has 1 fully saturated rings. The molecular weight excluding hydrogens is 252 g/mol. The molecule has 2 heterocycles. The maximum absolute atomic E-state index is 11.8. The van der Waals surface area contributed by atoms with Crippen LogP contribution in [0.15, 0.2) is 6.33 Å². The average molecular weight is 269 g/mol. The van der Waals surface area contributed by atoms with Gasteiger partial charge in [0, 0.05) is 25.7 Å². The van der Waals surface area contributed by atoms with E-state index in [1.54, 1.807) is 4.90 Å². The fourth-order valence-corrected chi connectivity index (χ4v) is 2.40. The minimum absolute atomic E-state index is 0.102. The topological polar surface area (TPSA) is 49.3 Å². The zero-order valence-corrected chi connectivity index (χ0v) is 11.6. The molecular formula is C12H17ClN4O. The number of nitrogens with zero attached hydrogens (tertiary/aromatic N) is 4. The summed E-state index contributed by atoms with van der Waals surface area (Å²) in [5.74, 6) is 1.11. The first-order valence-electron chi connectivity index (χ1n) is 6.00. The molecule has 1 amide bonds. The standard InChI is InChI=1S/C12H17ClN4O/c1-8(2)10-11(13)14-7-15-12(10)17-5-4-16(3)9(18)6-17/h7-8H,4-6H2,1-3H3. The van der Waals surface area contributed by atoms with Crippen molar-refractivity contribution >= 4 is 23.3 Å². The summed E-state index contributed by atoms with van der Waals surface area (Å²) in [4.78, 5) is 23.8. The maximum atomic E-state index is 11.8. The molecule has 98 valence electrons.